The van der Waals surface area contributed by atoms with Crippen LogP contribution in [0.1, 0.15) is 27.4 Å². The molecule has 0 atom stereocenters. The molecule has 1 amide bonds. The lowest BCUT2D eigenvalue weighted by Crippen LogP contribution is -2.15. The maximum absolute atomic E-state index is 12.9. The number of allylic oxidation sites excluding steroid dienone is 1. The molecule has 3 heterocycles. The van der Waals surface area contributed by atoms with Gasteiger partial charge in [-0.1, -0.05) is 6.07 Å². The number of hydrogen-bond acceptors (Lipinski definition) is 5. The van der Waals surface area contributed by atoms with Gasteiger partial charge in [0.2, 0.25) is 0 Å². The molecule has 138 valence electrons. The van der Waals surface area contributed by atoms with E-state index in [0.29, 0.717) is 11.2 Å². The average molecular weight is 374 g/mol. The number of halogens is 3. The summed E-state index contributed by atoms with van der Waals surface area (Å²) in [4.78, 5) is 19.0. The number of nitrogens with zero attached hydrogens (tertiary/aromatic N) is 3. The molecule has 0 aromatic carbocycles. The molecular weight excluding hydrogens is 361 g/mol. The molecule has 0 fully saturated rings. The number of alkyl halides is 3. The van der Waals surface area contributed by atoms with E-state index >= 15 is 0 Å². The van der Waals surface area contributed by atoms with Gasteiger partial charge in [0.1, 0.15) is 17.0 Å². The number of nitrogens with one attached hydrogen (secondary N) is 1. The van der Waals surface area contributed by atoms with Crippen LogP contribution in [-0.2, 0) is 6.18 Å². The first kappa shape index (κ1) is 18.1. The smallest absolute Gasteiger partial charge is 0.404 e. The minimum absolute atomic E-state index is 0.118. The Kier molecular flexibility index (Phi) is 4.40. The van der Waals surface area contributed by atoms with E-state index in [1.807, 2.05) is 0 Å². The Morgan fingerprint density at radius 2 is 1.96 bits per heavy atom. The Bertz CT molecular complexity index is 1080. The van der Waals surface area contributed by atoms with Crippen LogP contribution in [0.2, 0.25) is 0 Å². The van der Waals surface area contributed by atoms with Gasteiger partial charge in [0.05, 0.1) is 17.6 Å². The number of fused-ring (bicyclic) bond motifs is 1. The lowest BCUT2D eigenvalue weighted by molar-refractivity contribution is -0.141. The van der Waals surface area contributed by atoms with Crippen LogP contribution in [0.3, 0.4) is 0 Å². The average Bonchev–Trinajstić information content (AvgIpc) is 3.05. The zero-order chi connectivity index (χ0) is 19.8. The van der Waals surface area contributed by atoms with Crippen LogP contribution in [0.4, 0.5) is 13.2 Å². The second-order valence-electron chi connectivity index (χ2n) is 5.51. The fraction of sp³-hybridized carbons (Fsp3) is 0.0588. The summed E-state index contributed by atoms with van der Waals surface area (Å²) in [7, 11) is 0. The predicted molar refractivity (Wildman–Crippen MR) is 91.9 cm³/mol. The number of nitrogens with two attached hydrogens (primary N) is 2. The fourth-order valence-corrected chi connectivity index (χ4v) is 2.52. The first-order chi connectivity index (χ1) is 12.7. The van der Waals surface area contributed by atoms with Crippen molar-refractivity contribution >= 4 is 22.8 Å². The van der Waals surface area contributed by atoms with Crippen LogP contribution < -0.4 is 11.5 Å². The normalized spacial score (nSPS) is 12.3. The van der Waals surface area contributed by atoms with Crippen molar-refractivity contribution in [2.75, 3.05) is 0 Å². The molecule has 0 saturated heterocycles. The maximum Gasteiger partial charge on any atom is 0.433 e. The van der Waals surface area contributed by atoms with Crippen molar-refractivity contribution in [2.45, 2.75) is 6.18 Å². The number of primary amides is 1. The summed E-state index contributed by atoms with van der Waals surface area (Å²) >= 11 is 0. The van der Waals surface area contributed by atoms with Crippen LogP contribution >= 0.6 is 0 Å². The highest BCUT2D eigenvalue weighted by Crippen LogP contribution is 2.28. The zero-order valence-electron chi connectivity index (χ0n) is 13.7. The van der Waals surface area contributed by atoms with Crippen molar-refractivity contribution in [3.63, 3.8) is 0 Å². The minimum atomic E-state index is -4.63. The molecule has 5 N–H and O–H groups in total. The Balaban J connectivity index is 2.05. The fourth-order valence-electron chi connectivity index (χ4n) is 2.52. The molecule has 0 aliphatic heterocycles. The molecule has 7 nitrogen and oxygen atoms in total. The first-order valence-corrected chi connectivity index (χ1v) is 7.55. The number of rotatable bonds is 4. The van der Waals surface area contributed by atoms with E-state index in [2.05, 4.69) is 9.97 Å². The van der Waals surface area contributed by atoms with Gasteiger partial charge in [0.15, 0.2) is 0 Å². The molecular formula is C17H13F3N6O. The molecule has 3 aromatic heterocycles. The molecule has 10 heteroatoms. The molecule has 0 spiro atoms. The topological polar surface area (TPSA) is 123 Å². The number of hydrogen-bond donors (Lipinski definition) is 3. The van der Waals surface area contributed by atoms with Gasteiger partial charge in [-0.05, 0) is 24.3 Å². The number of aromatic nitrogens is 3. The molecule has 3 aromatic rings. The van der Waals surface area contributed by atoms with E-state index in [4.69, 9.17) is 16.9 Å². The molecule has 0 aliphatic carbocycles. The van der Waals surface area contributed by atoms with E-state index in [9.17, 15) is 18.0 Å². The predicted octanol–water partition coefficient (Wildman–Crippen LogP) is 2.21. The van der Waals surface area contributed by atoms with Gasteiger partial charge in [0, 0.05) is 23.5 Å². The highest BCUT2D eigenvalue weighted by atomic mass is 19.4. The van der Waals surface area contributed by atoms with Crippen molar-refractivity contribution in [3.05, 3.63) is 71.6 Å². The second kappa shape index (κ2) is 6.56. The summed E-state index contributed by atoms with van der Waals surface area (Å²) in [5, 5.41) is 8.24. The van der Waals surface area contributed by atoms with E-state index in [1.165, 1.54) is 22.9 Å². The van der Waals surface area contributed by atoms with E-state index in [0.717, 1.165) is 18.3 Å². The molecule has 27 heavy (non-hydrogen) atoms. The second-order valence-corrected chi connectivity index (χ2v) is 5.51. The third kappa shape index (κ3) is 3.36. The van der Waals surface area contributed by atoms with E-state index in [-0.39, 0.29) is 22.7 Å². The summed E-state index contributed by atoms with van der Waals surface area (Å²) in [5.41, 5.74) is 10.4. The maximum atomic E-state index is 12.9. The quantitative estimate of drug-likeness (QED) is 0.606. The number of carbonyl (C=O) groups is 1. The lowest BCUT2D eigenvalue weighted by Gasteiger charge is -2.12. The van der Waals surface area contributed by atoms with Crippen LogP contribution in [0, 0.1) is 5.41 Å². The molecule has 0 bridgehead atoms. The Morgan fingerprint density at radius 1 is 1.22 bits per heavy atom. The van der Waals surface area contributed by atoms with Crippen LogP contribution in [-0.4, -0.2) is 26.0 Å². The highest BCUT2D eigenvalue weighted by molar-refractivity contribution is 6.29. The summed E-state index contributed by atoms with van der Waals surface area (Å²) < 4.78 is 40.0. The highest BCUT2D eigenvalue weighted by Gasteiger charge is 2.32. The van der Waals surface area contributed by atoms with E-state index < -0.39 is 17.8 Å². The van der Waals surface area contributed by atoms with Crippen LogP contribution in [0.5, 0.6) is 0 Å². The van der Waals surface area contributed by atoms with E-state index in [1.54, 1.807) is 12.1 Å². The Morgan fingerprint density at radius 3 is 2.59 bits per heavy atom. The molecule has 0 unspecified atom stereocenters. The SMILES string of the molecule is N=C(/C(=C\N)c1ccc2ncc(C(N)=O)n2c1)c1cccc(C(F)(F)F)n1. The lowest BCUT2D eigenvalue weighted by atomic mass is 10.0. The van der Waals surface area contributed by atoms with Crippen molar-refractivity contribution < 1.29 is 18.0 Å². The molecule has 0 radical (unpaired) electrons. The van der Waals surface area contributed by atoms with Gasteiger partial charge in [0.25, 0.3) is 5.91 Å². The molecule has 0 aliphatic rings. The summed E-state index contributed by atoms with van der Waals surface area (Å²) in [5.74, 6) is -0.701. The van der Waals surface area contributed by atoms with Gasteiger partial charge >= 0.3 is 6.18 Å². The van der Waals surface area contributed by atoms with Crippen LogP contribution in [0.15, 0.2) is 48.9 Å². The standard InChI is InChI=1S/C17H13F3N6O/c18-17(19,20)13-3-1-2-11(25-13)15(22)10(6-21)9-4-5-14-24-7-12(16(23)27)26(14)8-9/h1-8,22H,21H2,(H2,23,27)/b10-6-,22-15?. The largest absolute Gasteiger partial charge is 0.433 e. The zero-order valence-corrected chi connectivity index (χ0v) is 13.7. The van der Waals surface area contributed by atoms with Crippen molar-refractivity contribution in [2.24, 2.45) is 11.5 Å². The van der Waals surface area contributed by atoms with Crippen LogP contribution in [0.25, 0.3) is 11.2 Å². The molecule has 3 rings (SSSR count). The number of amides is 1. The number of imidazole rings is 1. The van der Waals surface area contributed by atoms with Crippen molar-refractivity contribution in [1.82, 2.24) is 14.4 Å². The first-order valence-electron chi connectivity index (χ1n) is 7.55. The third-order valence-corrected chi connectivity index (χ3v) is 3.80. The van der Waals surface area contributed by atoms with Gasteiger partial charge in [-0.2, -0.15) is 13.2 Å². The summed E-state index contributed by atoms with van der Waals surface area (Å²) in [6.07, 6.45) is -0.766. The van der Waals surface area contributed by atoms with Gasteiger partial charge < -0.3 is 11.5 Å². The Hall–Kier alpha value is -3.69. The van der Waals surface area contributed by atoms with Gasteiger partial charge in [-0.3, -0.25) is 14.6 Å². The monoisotopic (exact) mass is 374 g/mol. The minimum Gasteiger partial charge on any atom is -0.404 e. The summed E-state index contributed by atoms with van der Waals surface area (Å²) in [6, 6.07) is 6.41. The van der Waals surface area contributed by atoms with Gasteiger partial charge in [-0.25, -0.2) is 9.97 Å². The third-order valence-electron chi connectivity index (χ3n) is 3.80. The van der Waals surface area contributed by atoms with Crippen molar-refractivity contribution in [3.8, 4) is 0 Å². The number of carbonyl (C=O) groups excluding carboxylic acids is 1. The van der Waals surface area contributed by atoms with Crippen molar-refractivity contribution in [1.29, 1.82) is 5.41 Å². The molecule has 0 saturated carbocycles. The Labute approximate surface area is 150 Å². The van der Waals surface area contributed by atoms with Gasteiger partial charge in [-0.15, -0.1) is 0 Å². The number of pyridine rings is 2. The summed E-state index contributed by atoms with van der Waals surface area (Å²) in [6.45, 7) is 0.